The molecule has 0 aliphatic rings. The molecule has 0 radical (unpaired) electrons. The summed E-state index contributed by atoms with van der Waals surface area (Å²) in [5.74, 6) is -1.29. The lowest BCUT2D eigenvalue weighted by Gasteiger charge is -2.26. The zero-order chi connectivity index (χ0) is 19.8. The molecule has 0 N–H and O–H groups in total. The largest absolute Gasteiger partial charge is 0.458 e. The van der Waals surface area contributed by atoms with Crippen molar-refractivity contribution in [1.29, 1.82) is 0 Å². The number of carbonyl (C=O) groups excluding carboxylic acids is 1. The molecule has 0 bridgehead atoms. The highest BCUT2D eigenvalue weighted by Crippen LogP contribution is 2.28. The Kier molecular flexibility index (Phi) is 5.20. The number of benzene rings is 2. The van der Waals surface area contributed by atoms with Gasteiger partial charge in [0.15, 0.2) is 6.04 Å². The molecule has 4 nitrogen and oxygen atoms in total. The molecule has 0 saturated carbocycles. The number of hydrogen-bond donors (Lipinski definition) is 0. The zero-order valence-electron chi connectivity index (χ0n) is 15.2. The van der Waals surface area contributed by atoms with Gasteiger partial charge in [0.2, 0.25) is 0 Å². The van der Waals surface area contributed by atoms with Gasteiger partial charge >= 0.3 is 5.97 Å². The van der Waals surface area contributed by atoms with Crippen LogP contribution in [0.1, 0.15) is 32.4 Å². The summed E-state index contributed by atoms with van der Waals surface area (Å²) in [4.78, 5) is 25.7. The average molecular weight is 432 g/mol. The molecule has 140 valence electrons. The number of esters is 1. The quantitative estimate of drug-likeness (QED) is 0.557. The molecule has 0 aliphatic heterocycles. The van der Waals surface area contributed by atoms with Crippen LogP contribution in [0.5, 0.6) is 0 Å². The first kappa shape index (κ1) is 19.3. The Morgan fingerprint density at radius 3 is 2.44 bits per heavy atom. The van der Waals surface area contributed by atoms with Gasteiger partial charge in [0, 0.05) is 22.3 Å². The molecule has 3 rings (SSSR count). The first-order valence-electron chi connectivity index (χ1n) is 8.44. The van der Waals surface area contributed by atoms with Gasteiger partial charge in [0.1, 0.15) is 11.4 Å². The summed E-state index contributed by atoms with van der Waals surface area (Å²) < 4.78 is 21.9. The number of carbonyl (C=O) groups is 1. The summed E-state index contributed by atoms with van der Waals surface area (Å²) in [7, 11) is 0. The fraction of sp³-hybridized carbons (Fsp3) is 0.238. The van der Waals surface area contributed by atoms with Crippen molar-refractivity contribution in [3.05, 3.63) is 80.9 Å². The normalized spacial score (nSPS) is 12.8. The monoisotopic (exact) mass is 431 g/mol. The van der Waals surface area contributed by atoms with Crippen molar-refractivity contribution in [1.82, 2.24) is 4.57 Å². The number of pyridine rings is 1. The summed E-state index contributed by atoms with van der Waals surface area (Å²) >= 11 is 3.30. The van der Waals surface area contributed by atoms with E-state index in [0.29, 0.717) is 4.47 Å². The van der Waals surface area contributed by atoms with Gasteiger partial charge in [-0.1, -0.05) is 40.2 Å². The van der Waals surface area contributed by atoms with Gasteiger partial charge in [-0.05, 0) is 49.7 Å². The van der Waals surface area contributed by atoms with Crippen LogP contribution in [-0.2, 0) is 9.53 Å². The molecule has 0 spiro atoms. The Labute approximate surface area is 164 Å². The van der Waals surface area contributed by atoms with Crippen LogP contribution < -0.4 is 5.56 Å². The Bertz CT molecular complexity index is 1070. The molecule has 1 heterocycles. The van der Waals surface area contributed by atoms with Gasteiger partial charge in [-0.3, -0.25) is 9.36 Å². The van der Waals surface area contributed by atoms with Crippen molar-refractivity contribution < 1.29 is 13.9 Å². The maximum Gasteiger partial charge on any atom is 0.334 e. The lowest BCUT2D eigenvalue weighted by atomic mass is 10.0. The number of hydrogen-bond acceptors (Lipinski definition) is 3. The van der Waals surface area contributed by atoms with Crippen molar-refractivity contribution >= 4 is 32.7 Å². The van der Waals surface area contributed by atoms with Gasteiger partial charge in [-0.25, -0.2) is 9.18 Å². The number of fused-ring (bicyclic) bond motifs is 1. The van der Waals surface area contributed by atoms with Crippen LogP contribution >= 0.6 is 15.9 Å². The molecular weight excluding hydrogens is 413 g/mol. The summed E-state index contributed by atoms with van der Waals surface area (Å²) in [5, 5.41) is 1.51. The Morgan fingerprint density at radius 1 is 1.11 bits per heavy atom. The van der Waals surface area contributed by atoms with Crippen LogP contribution in [0.3, 0.4) is 0 Å². The molecule has 6 heteroatoms. The number of ether oxygens (including phenoxy) is 1. The lowest BCUT2D eigenvalue weighted by molar-refractivity contribution is -0.157. The molecule has 3 aromatic rings. The molecule has 27 heavy (non-hydrogen) atoms. The molecule has 1 unspecified atom stereocenters. The maximum absolute atomic E-state index is 14.6. The summed E-state index contributed by atoms with van der Waals surface area (Å²) in [6.45, 7) is 5.17. The van der Waals surface area contributed by atoms with E-state index in [1.165, 1.54) is 28.8 Å². The van der Waals surface area contributed by atoms with E-state index in [0.717, 1.165) is 10.8 Å². The second kappa shape index (κ2) is 7.27. The second-order valence-electron chi connectivity index (χ2n) is 7.25. The fourth-order valence-electron chi connectivity index (χ4n) is 2.85. The van der Waals surface area contributed by atoms with Crippen LogP contribution in [-0.4, -0.2) is 16.1 Å². The molecule has 1 atom stereocenters. The summed E-state index contributed by atoms with van der Waals surface area (Å²) in [6.07, 6.45) is 1.56. The minimum Gasteiger partial charge on any atom is -0.458 e. The third-order valence-corrected chi connectivity index (χ3v) is 4.46. The van der Waals surface area contributed by atoms with Gasteiger partial charge in [-0.2, -0.15) is 0 Å². The van der Waals surface area contributed by atoms with Crippen molar-refractivity contribution in [2.75, 3.05) is 0 Å². The first-order chi connectivity index (χ1) is 12.7. The molecule has 0 fully saturated rings. The van der Waals surface area contributed by atoms with Gasteiger partial charge in [0.05, 0.1) is 0 Å². The summed E-state index contributed by atoms with van der Waals surface area (Å²) in [6, 6.07) is 11.8. The van der Waals surface area contributed by atoms with Crippen molar-refractivity contribution in [2.45, 2.75) is 32.4 Å². The smallest absolute Gasteiger partial charge is 0.334 e. The van der Waals surface area contributed by atoms with E-state index in [4.69, 9.17) is 4.74 Å². The number of halogens is 2. The zero-order valence-corrected chi connectivity index (χ0v) is 16.8. The van der Waals surface area contributed by atoms with Gasteiger partial charge in [-0.15, -0.1) is 0 Å². The minimum absolute atomic E-state index is 0.0657. The molecule has 2 aromatic carbocycles. The van der Waals surface area contributed by atoms with Crippen LogP contribution in [0, 0.1) is 5.82 Å². The van der Waals surface area contributed by atoms with Crippen LogP contribution in [0.2, 0.25) is 0 Å². The predicted molar refractivity (Wildman–Crippen MR) is 106 cm³/mol. The molecule has 0 saturated heterocycles. The van der Waals surface area contributed by atoms with E-state index in [-0.39, 0.29) is 5.56 Å². The van der Waals surface area contributed by atoms with Crippen LogP contribution in [0.25, 0.3) is 10.8 Å². The van der Waals surface area contributed by atoms with Crippen molar-refractivity contribution in [3.8, 4) is 0 Å². The van der Waals surface area contributed by atoms with E-state index < -0.39 is 29.0 Å². The van der Waals surface area contributed by atoms with Crippen LogP contribution in [0.4, 0.5) is 4.39 Å². The molecular formula is C21H19BrFNO3. The fourth-order valence-corrected chi connectivity index (χ4v) is 3.23. The topological polar surface area (TPSA) is 48.3 Å². The highest BCUT2D eigenvalue weighted by molar-refractivity contribution is 9.10. The highest BCUT2D eigenvalue weighted by Gasteiger charge is 2.31. The SMILES string of the molecule is CC(C)(C)OC(=O)C(c1cc(Br)ccc1F)n1cc2ccccc2cc1=O. The Balaban J connectivity index is 2.24. The Hall–Kier alpha value is -2.47. The third kappa shape index (κ3) is 4.27. The minimum atomic E-state index is -1.24. The molecule has 0 amide bonds. The summed E-state index contributed by atoms with van der Waals surface area (Å²) in [5.41, 5.74) is -1.13. The van der Waals surface area contributed by atoms with E-state index in [1.807, 2.05) is 24.3 Å². The van der Waals surface area contributed by atoms with E-state index >= 15 is 0 Å². The molecule has 1 aromatic heterocycles. The van der Waals surface area contributed by atoms with E-state index in [9.17, 15) is 14.0 Å². The van der Waals surface area contributed by atoms with Crippen molar-refractivity contribution in [3.63, 3.8) is 0 Å². The number of aromatic nitrogens is 1. The maximum atomic E-state index is 14.6. The van der Waals surface area contributed by atoms with Gasteiger partial charge in [0.25, 0.3) is 5.56 Å². The van der Waals surface area contributed by atoms with Crippen molar-refractivity contribution in [2.24, 2.45) is 0 Å². The Morgan fingerprint density at radius 2 is 1.78 bits per heavy atom. The number of rotatable bonds is 3. The first-order valence-corrected chi connectivity index (χ1v) is 9.24. The molecule has 0 aliphatic carbocycles. The van der Waals surface area contributed by atoms with E-state index in [1.54, 1.807) is 27.0 Å². The predicted octanol–water partition coefficient (Wildman–Crippen LogP) is 4.83. The third-order valence-electron chi connectivity index (χ3n) is 3.97. The van der Waals surface area contributed by atoms with E-state index in [2.05, 4.69) is 15.9 Å². The highest BCUT2D eigenvalue weighted by atomic mass is 79.9. The number of nitrogens with zero attached hydrogens (tertiary/aromatic N) is 1. The van der Waals surface area contributed by atoms with Gasteiger partial charge < -0.3 is 4.74 Å². The average Bonchev–Trinajstić information content (AvgIpc) is 2.57. The standard InChI is InChI=1S/C21H19BrFNO3/c1-21(2,3)27-20(26)19(16-11-15(22)8-9-17(16)23)24-12-14-7-5-4-6-13(14)10-18(24)25/h4-12,19H,1-3H3. The second-order valence-corrected chi connectivity index (χ2v) is 8.17. The lowest BCUT2D eigenvalue weighted by Crippen LogP contribution is -2.35. The van der Waals surface area contributed by atoms with Crippen LogP contribution in [0.15, 0.2) is 64.0 Å².